The summed E-state index contributed by atoms with van der Waals surface area (Å²) in [7, 11) is 3.99. The first kappa shape index (κ1) is 19.9. The van der Waals surface area contributed by atoms with E-state index >= 15 is 0 Å². The average Bonchev–Trinajstić information content (AvgIpc) is 3.08. The molecule has 1 amide bonds. The number of carbonyl (C=O) groups is 3. The van der Waals surface area contributed by atoms with Crippen molar-refractivity contribution in [3.05, 3.63) is 58.8 Å². The van der Waals surface area contributed by atoms with Gasteiger partial charge in [-0.25, -0.2) is 9.59 Å². The van der Waals surface area contributed by atoms with Crippen molar-refractivity contribution in [2.45, 2.75) is 6.92 Å². The zero-order valence-electron chi connectivity index (χ0n) is 16.3. The Labute approximate surface area is 166 Å². The van der Waals surface area contributed by atoms with E-state index in [2.05, 4.69) is 5.32 Å². The molecular weight excluding hydrogens is 378 g/mol. The predicted octanol–water partition coefficient (Wildman–Crippen LogP) is 3.58. The Balaban J connectivity index is 1.98. The number of esters is 2. The minimum absolute atomic E-state index is 0.0942. The van der Waals surface area contributed by atoms with Crippen LogP contribution >= 0.6 is 0 Å². The van der Waals surface area contributed by atoms with Crippen molar-refractivity contribution >= 4 is 34.5 Å². The quantitative estimate of drug-likeness (QED) is 0.656. The number of rotatable bonds is 5. The highest BCUT2D eigenvalue weighted by Gasteiger charge is 2.20. The molecule has 0 fully saturated rings. The number of aryl methyl sites for hydroxylation is 1. The van der Waals surface area contributed by atoms with Gasteiger partial charge in [0.15, 0.2) is 5.76 Å². The molecule has 0 spiro atoms. The molecule has 3 rings (SSSR count). The maximum Gasteiger partial charge on any atom is 0.337 e. The van der Waals surface area contributed by atoms with Crippen molar-refractivity contribution in [1.82, 2.24) is 0 Å². The lowest BCUT2D eigenvalue weighted by Crippen LogP contribution is -2.14. The molecule has 1 heterocycles. The lowest BCUT2D eigenvalue weighted by atomic mass is 10.1. The first-order chi connectivity index (χ1) is 13.9. The molecule has 0 unspecified atom stereocenters. The van der Waals surface area contributed by atoms with Crippen LogP contribution in [0, 0.1) is 6.92 Å². The Morgan fingerprint density at radius 1 is 0.897 bits per heavy atom. The predicted molar refractivity (Wildman–Crippen MR) is 105 cm³/mol. The van der Waals surface area contributed by atoms with Crippen LogP contribution in [0.25, 0.3) is 11.0 Å². The number of furan rings is 1. The van der Waals surface area contributed by atoms with Gasteiger partial charge in [-0.1, -0.05) is 0 Å². The largest absolute Gasteiger partial charge is 0.497 e. The molecule has 0 aliphatic carbocycles. The van der Waals surface area contributed by atoms with Crippen molar-refractivity contribution < 1.29 is 33.0 Å². The van der Waals surface area contributed by atoms with Crippen LogP contribution in [0.1, 0.15) is 36.8 Å². The molecule has 0 radical (unpaired) electrons. The van der Waals surface area contributed by atoms with Crippen LogP contribution in [-0.2, 0) is 9.47 Å². The Morgan fingerprint density at radius 3 is 2.07 bits per heavy atom. The Kier molecular flexibility index (Phi) is 5.54. The molecule has 0 aliphatic rings. The van der Waals surface area contributed by atoms with Crippen LogP contribution in [0.4, 0.5) is 5.69 Å². The Hall–Kier alpha value is -3.81. The SMILES string of the molecule is COC(=O)c1cc(NC(=O)c2oc3ccc(OC)cc3c2C)cc(C(=O)OC)c1. The van der Waals surface area contributed by atoms with E-state index in [1.807, 2.05) is 0 Å². The van der Waals surface area contributed by atoms with E-state index in [1.54, 1.807) is 32.2 Å². The number of nitrogens with one attached hydrogen (secondary N) is 1. The average molecular weight is 397 g/mol. The molecule has 8 heteroatoms. The maximum atomic E-state index is 12.8. The number of amides is 1. The molecule has 0 saturated carbocycles. The second-order valence-corrected chi connectivity index (χ2v) is 6.15. The maximum absolute atomic E-state index is 12.8. The lowest BCUT2D eigenvalue weighted by Gasteiger charge is -2.09. The van der Waals surface area contributed by atoms with Crippen molar-refractivity contribution in [3.63, 3.8) is 0 Å². The van der Waals surface area contributed by atoms with Crippen LogP contribution in [0.3, 0.4) is 0 Å². The molecule has 8 nitrogen and oxygen atoms in total. The van der Waals surface area contributed by atoms with Crippen LogP contribution in [0.15, 0.2) is 40.8 Å². The summed E-state index contributed by atoms with van der Waals surface area (Å²) in [5, 5.41) is 3.39. The zero-order chi connectivity index (χ0) is 21.1. The topological polar surface area (TPSA) is 104 Å². The molecule has 0 aliphatic heterocycles. The third-order valence-electron chi connectivity index (χ3n) is 4.38. The molecule has 3 aromatic rings. The van der Waals surface area contributed by atoms with E-state index in [4.69, 9.17) is 18.6 Å². The lowest BCUT2D eigenvalue weighted by molar-refractivity contribution is 0.0599. The molecule has 0 saturated heterocycles. The number of benzene rings is 2. The first-order valence-electron chi connectivity index (χ1n) is 8.58. The molecule has 150 valence electrons. The van der Waals surface area contributed by atoms with Gasteiger partial charge < -0.3 is 23.9 Å². The summed E-state index contributed by atoms with van der Waals surface area (Å²) in [6, 6.07) is 9.35. The summed E-state index contributed by atoms with van der Waals surface area (Å²) in [5.41, 5.74) is 1.57. The van der Waals surface area contributed by atoms with Gasteiger partial charge in [-0.15, -0.1) is 0 Å². The second-order valence-electron chi connectivity index (χ2n) is 6.15. The Bertz CT molecular complexity index is 1080. The van der Waals surface area contributed by atoms with Crippen LogP contribution in [-0.4, -0.2) is 39.2 Å². The number of methoxy groups -OCH3 is 3. The van der Waals surface area contributed by atoms with Crippen LogP contribution in [0.2, 0.25) is 0 Å². The minimum Gasteiger partial charge on any atom is -0.497 e. The van der Waals surface area contributed by atoms with Gasteiger partial charge in [0.25, 0.3) is 5.91 Å². The van der Waals surface area contributed by atoms with Crippen LogP contribution < -0.4 is 10.1 Å². The molecular formula is C21H19NO7. The zero-order valence-corrected chi connectivity index (χ0v) is 16.3. The third-order valence-corrected chi connectivity index (χ3v) is 4.38. The van der Waals surface area contributed by atoms with E-state index in [0.29, 0.717) is 16.9 Å². The fourth-order valence-corrected chi connectivity index (χ4v) is 2.90. The first-order valence-corrected chi connectivity index (χ1v) is 8.58. The number of ether oxygens (including phenoxy) is 3. The number of fused-ring (bicyclic) bond motifs is 1. The molecule has 1 aromatic heterocycles. The summed E-state index contributed by atoms with van der Waals surface area (Å²) in [4.78, 5) is 36.6. The van der Waals surface area contributed by atoms with Gasteiger partial charge in [0.05, 0.1) is 32.5 Å². The number of hydrogen-bond acceptors (Lipinski definition) is 7. The molecule has 29 heavy (non-hydrogen) atoms. The van der Waals surface area contributed by atoms with E-state index in [0.717, 1.165) is 5.39 Å². The summed E-state index contributed by atoms with van der Waals surface area (Å²) >= 11 is 0. The van der Waals surface area contributed by atoms with Gasteiger partial charge in [0.1, 0.15) is 11.3 Å². The van der Waals surface area contributed by atoms with Gasteiger partial charge in [-0.3, -0.25) is 4.79 Å². The van der Waals surface area contributed by atoms with E-state index in [-0.39, 0.29) is 22.6 Å². The van der Waals surface area contributed by atoms with Crippen LogP contribution in [0.5, 0.6) is 5.75 Å². The Morgan fingerprint density at radius 2 is 1.52 bits per heavy atom. The van der Waals surface area contributed by atoms with E-state index in [9.17, 15) is 14.4 Å². The third kappa shape index (κ3) is 3.91. The van der Waals surface area contributed by atoms with Gasteiger partial charge >= 0.3 is 11.9 Å². The number of carbonyl (C=O) groups excluding carboxylic acids is 3. The highest BCUT2D eigenvalue weighted by molar-refractivity contribution is 6.07. The van der Waals surface area contributed by atoms with Gasteiger partial charge in [-0.05, 0) is 43.3 Å². The van der Waals surface area contributed by atoms with Gasteiger partial charge in [0, 0.05) is 16.6 Å². The summed E-state index contributed by atoms with van der Waals surface area (Å²) in [6.07, 6.45) is 0. The van der Waals surface area contributed by atoms with Crippen molar-refractivity contribution in [1.29, 1.82) is 0 Å². The van der Waals surface area contributed by atoms with Crippen molar-refractivity contribution in [2.75, 3.05) is 26.6 Å². The standard InChI is InChI=1S/C21H19NO7/c1-11-16-10-15(26-2)5-6-17(16)29-18(11)19(23)22-14-8-12(20(24)27-3)7-13(9-14)21(25)28-4/h5-10H,1-4H3,(H,22,23). The highest BCUT2D eigenvalue weighted by Crippen LogP contribution is 2.29. The molecule has 0 bridgehead atoms. The summed E-state index contributed by atoms with van der Waals surface area (Å²) in [6.45, 7) is 1.75. The van der Waals surface area contributed by atoms with Crippen molar-refractivity contribution in [3.8, 4) is 5.75 Å². The fourth-order valence-electron chi connectivity index (χ4n) is 2.90. The molecule has 2 aromatic carbocycles. The minimum atomic E-state index is -0.654. The second kappa shape index (κ2) is 8.05. The molecule has 1 N–H and O–H groups in total. The summed E-state index contributed by atoms with van der Waals surface area (Å²) < 4.78 is 20.3. The van der Waals surface area contributed by atoms with Gasteiger partial charge in [0.2, 0.25) is 0 Å². The van der Waals surface area contributed by atoms with E-state index < -0.39 is 17.8 Å². The smallest absolute Gasteiger partial charge is 0.337 e. The number of hydrogen-bond donors (Lipinski definition) is 1. The van der Waals surface area contributed by atoms with Gasteiger partial charge in [-0.2, -0.15) is 0 Å². The van der Waals surface area contributed by atoms with Crippen molar-refractivity contribution in [2.24, 2.45) is 0 Å². The molecule has 0 atom stereocenters. The monoisotopic (exact) mass is 397 g/mol. The number of anilines is 1. The fraction of sp³-hybridized carbons (Fsp3) is 0.190. The summed E-state index contributed by atoms with van der Waals surface area (Å²) in [5.74, 6) is -1.09. The highest BCUT2D eigenvalue weighted by atomic mass is 16.5. The normalized spacial score (nSPS) is 10.5. The van der Waals surface area contributed by atoms with E-state index in [1.165, 1.54) is 32.4 Å².